The van der Waals surface area contributed by atoms with Crippen molar-refractivity contribution in [3.05, 3.63) is 23.5 Å². The van der Waals surface area contributed by atoms with Gasteiger partial charge in [-0.1, -0.05) is 32.1 Å². The van der Waals surface area contributed by atoms with E-state index in [2.05, 4.69) is 10.6 Å². The van der Waals surface area contributed by atoms with Crippen molar-refractivity contribution >= 4 is 17.7 Å². The first-order valence-corrected chi connectivity index (χ1v) is 10.7. The van der Waals surface area contributed by atoms with Gasteiger partial charge in [-0.2, -0.15) is 0 Å². The van der Waals surface area contributed by atoms with Crippen molar-refractivity contribution in [2.24, 2.45) is 11.8 Å². The molecule has 0 radical (unpaired) electrons. The van der Waals surface area contributed by atoms with Crippen LogP contribution in [0.2, 0.25) is 0 Å². The van der Waals surface area contributed by atoms with Crippen LogP contribution in [0.1, 0.15) is 63.4 Å². The van der Waals surface area contributed by atoms with E-state index in [-0.39, 0.29) is 29.5 Å². The number of hydrogen-bond acceptors (Lipinski definition) is 4. The summed E-state index contributed by atoms with van der Waals surface area (Å²) in [7, 11) is 1.42. The highest BCUT2D eigenvalue weighted by Gasteiger charge is 2.44. The molecule has 2 fully saturated rings. The van der Waals surface area contributed by atoms with Crippen LogP contribution in [0.4, 0.5) is 14.9 Å². The van der Waals surface area contributed by atoms with Crippen LogP contribution in [0, 0.1) is 17.7 Å². The molecule has 2 amide bonds. The highest BCUT2D eigenvalue weighted by atomic mass is 19.1. The lowest BCUT2D eigenvalue weighted by atomic mass is 9.74. The third kappa shape index (κ3) is 3.79. The summed E-state index contributed by atoms with van der Waals surface area (Å²) in [5.41, 5.74) is 0.338. The van der Waals surface area contributed by atoms with Crippen LogP contribution in [0.5, 0.6) is 5.75 Å². The van der Waals surface area contributed by atoms with E-state index in [1.165, 1.54) is 13.2 Å². The molecular formula is C22H29FN2O4. The molecule has 0 aromatic heterocycles. The minimum atomic E-state index is -0.596. The second-order valence-corrected chi connectivity index (χ2v) is 8.50. The van der Waals surface area contributed by atoms with E-state index in [0.717, 1.165) is 57.8 Å². The van der Waals surface area contributed by atoms with Gasteiger partial charge in [0.15, 0.2) is 0 Å². The number of amides is 2. The minimum Gasteiger partial charge on any atom is -0.493 e. The molecule has 1 aromatic rings. The average molecular weight is 404 g/mol. The molecule has 2 atom stereocenters. The van der Waals surface area contributed by atoms with Gasteiger partial charge in [0.05, 0.1) is 30.9 Å². The van der Waals surface area contributed by atoms with Gasteiger partial charge in [0.1, 0.15) is 11.6 Å². The summed E-state index contributed by atoms with van der Waals surface area (Å²) in [6.07, 6.45) is 8.38. The van der Waals surface area contributed by atoms with Gasteiger partial charge in [-0.05, 0) is 37.8 Å². The lowest BCUT2D eigenvalue weighted by molar-refractivity contribution is -0.149. The van der Waals surface area contributed by atoms with Gasteiger partial charge in [-0.15, -0.1) is 0 Å². The van der Waals surface area contributed by atoms with E-state index in [0.29, 0.717) is 17.9 Å². The lowest BCUT2D eigenvalue weighted by Gasteiger charge is -2.43. The third-order valence-electron chi connectivity index (χ3n) is 6.76. The molecule has 7 heteroatoms. The fourth-order valence-corrected chi connectivity index (χ4v) is 5.30. The van der Waals surface area contributed by atoms with Crippen LogP contribution < -0.4 is 15.4 Å². The summed E-state index contributed by atoms with van der Waals surface area (Å²) in [5.74, 6) is -0.129. The van der Waals surface area contributed by atoms with E-state index in [9.17, 15) is 14.0 Å². The van der Waals surface area contributed by atoms with Gasteiger partial charge in [-0.3, -0.25) is 4.79 Å². The largest absolute Gasteiger partial charge is 0.493 e. The van der Waals surface area contributed by atoms with Crippen LogP contribution >= 0.6 is 0 Å². The van der Waals surface area contributed by atoms with Gasteiger partial charge >= 0.3 is 12.0 Å². The summed E-state index contributed by atoms with van der Waals surface area (Å²) < 4.78 is 25.8. The number of nitrogens with one attached hydrogen (secondary N) is 2. The monoisotopic (exact) mass is 404 g/mol. The zero-order valence-corrected chi connectivity index (χ0v) is 16.9. The van der Waals surface area contributed by atoms with Crippen LogP contribution in [-0.2, 0) is 15.1 Å². The van der Waals surface area contributed by atoms with Gasteiger partial charge in [-0.25, -0.2) is 9.18 Å². The molecule has 158 valence electrons. The number of hydrogen-bond donors (Lipinski definition) is 2. The fraction of sp³-hybridized carbons (Fsp3) is 0.636. The summed E-state index contributed by atoms with van der Waals surface area (Å²) in [5, 5.41) is 5.69. The Balaban J connectivity index is 1.63. The SMILES string of the molecule is COC(=O)C1CCCCC1COc1ccc(F)c2c1C1(CCCCC1)NC(=O)N2. The Kier molecular flexibility index (Phi) is 5.65. The molecule has 1 aliphatic heterocycles. The highest BCUT2D eigenvalue weighted by Crippen LogP contribution is 2.48. The molecule has 6 nitrogen and oxygen atoms in total. The number of halogens is 1. The Labute approximate surface area is 170 Å². The topological polar surface area (TPSA) is 76.7 Å². The molecule has 2 aliphatic carbocycles. The Morgan fingerprint density at radius 1 is 1.17 bits per heavy atom. The minimum absolute atomic E-state index is 0.0744. The second-order valence-electron chi connectivity index (χ2n) is 8.50. The maximum Gasteiger partial charge on any atom is 0.320 e. The van der Waals surface area contributed by atoms with E-state index in [4.69, 9.17) is 9.47 Å². The Hall–Kier alpha value is -2.31. The maximum atomic E-state index is 14.6. The molecule has 1 heterocycles. The number of carbonyl (C=O) groups excluding carboxylic acids is 2. The molecule has 2 N–H and O–H groups in total. The van der Waals surface area contributed by atoms with Crippen molar-refractivity contribution < 1.29 is 23.5 Å². The molecule has 2 saturated carbocycles. The molecule has 4 rings (SSSR count). The number of ether oxygens (including phenoxy) is 2. The first-order valence-electron chi connectivity index (χ1n) is 10.7. The number of rotatable bonds is 4. The van der Waals surface area contributed by atoms with Crippen molar-refractivity contribution in [3.63, 3.8) is 0 Å². The van der Waals surface area contributed by atoms with Crippen molar-refractivity contribution in [1.82, 2.24) is 5.32 Å². The Morgan fingerprint density at radius 3 is 2.69 bits per heavy atom. The number of esters is 1. The van der Waals surface area contributed by atoms with Crippen molar-refractivity contribution in [2.45, 2.75) is 63.3 Å². The van der Waals surface area contributed by atoms with Gasteiger partial charge in [0.2, 0.25) is 0 Å². The lowest BCUT2D eigenvalue weighted by Crippen LogP contribution is -2.53. The van der Waals surface area contributed by atoms with E-state index >= 15 is 0 Å². The number of anilines is 1. The molecule has 3 aliphatic rings. The quantitative estimate of drug-likeness (QED) is 0.726. The van der Waals surface area contributed by atoms with Crippen LogP contribution in [0.3, 0.4) is 0 Å². The zero-order valence-electron chi connectivity index (χ0n) is 16.9. The second kappa shape index (κ2) is 8.20. The number of urea groups is 1. The summed E-state index contributed by atoms with van der Waals surface area (Å²) in [4.78, 5) is 24.4. The predicted molar refractivity (Wildman–Crippen MR) is 106 cm³/mol. The van der Waals surface area contributed by atoms with E-state index in [1.54, 1.807) is 6.07 Å². The fourth-order valence-electron chi connectivity index (χ4n) is 5.30. The Bertz CT molecular complexity index is 791. The molecule has 2 unspecified atom stereocenters. The smallest absolute Gasteiger partial charge is 0.320 e. The van der Waals surface area contributed by atoms with Crippen LogP contribution in [-0.4, -0.2) is 25.7 Å². The highest BCUT2D eigenvalue weighted by molar-refractivity contribution is 5.94. The van der Waals surface area contributed by atoms with Gasteiger partial charge < -0.3 is 20.1 Å². The third-order valence-corrected chi connectivity index (χ3v) is 6.76. The molecule has 1 spiro atoms. The van der Waals surface area contributed by atoms with Gasteiger partial charge in [0, 0.05) is 11.5 Å². The van der Waals surface area contributed by atoms with Gasteiger partial charge in [0.25, 0.3) is 0 Å². The number of benzene rings is 1. The number of fused-ring (bicyclic) bond motifs is 2. The normalized spacial score (nSPS) is 25.5. The standard InChI is InChI=1S/C22H29FN2O4/c1-28-20(26)15-8-4-3-7-14(15)13-29-17-10-9-16(23)19-18(17)22(25-21(27)24-19)11-5-2-6-12-22/h9-10,14-15H,2-8,11-13H2,1H3,(H2,24,25,27). The van der Waals surface area contributed by atoms with Crippen molar-refractivity contribution in [3.8, 4) is 5.75 Å². The average Bonchev–Trinajstić information content (AvgIpc) is 2.74. The molecule has 0 bridgehead atoms. The molecular weight excluding hydrogens is 375 g/mol. The summed E-state index contributed by atoms with van der Waals surface area (Å²) >= 11 is 0. The zero-order chi connectivity index (χ0) is 20.4. The molecule has 0 saturated heterocycles. The summed E-state index contributed by atoms with van der Waals surface area (Å²) in [6, 6.07) is 2.63. The number of methoxy groups -OCH3 is 1. The first kappa shape index (κ1) is 20.0. The van der Waals surface area contributed by atoms with Crippen molar-refractivity contribution in [1.29, 1.82) is 0 Å². The number of carbonyl (C=O) groups is 2. The Morgan fingerprint density at radius 2 is 1.93 bits per heavy atom. The van der Waals surface area contributed by atoms with E-state index < -0.39 is 11.4 Å². The summed E-state index contributed by atoms with van der Waals surface area (Å²) in [6.45, 7) is 0.377. The first-order chi connectivity index (χ1) is 14.0. The van der Waals surface area contributed by atoms with Crippen LogP contribution in [0.25, 0.3) is 0 Å². The van der Waals surface area contributed by atoms with E-state index in [1.807, 2.05) is 0 Å². The molecule has 29 heavy (non-hydrogen) atoms. The maximum absolute atomic E-state index is 14.6. The van der Waals surface area contributed by atoms with Crippen LogP contribution in [0.15, 0.2) is 12.1 Å². The van der Waals surface area contributed by atoms with Crippen molar-refractivity contribution in [2.75, 3.05) is 19.0 Å². The predicted octanol–water partition coefficient (Wildman–Crippen LogP) is 4.48. The molecule has 1 aromatic carbocycles.